The molecule has 0 nitrogen and oxygen atoms in total. The van der Waals surface area contributed by atoms with Crippen molar-refractivity contribution < 1.29 is 0 Å². The molecule has 0 unspecified atom stereocenters. The van der Waals surface area contributed by atoms with Crippen molar-refractivity contribution in [2.75, 3.05) is 0 Å². The zero-order valence-electron chi connectivity index (χ0n) is 10.6. The van der Waals surface area contributed by atoms with Gasteiger partial charge in [-0.05, 0) is 24.0 Å². The first-order valence-corrected chi connectivity index (χ1v) is 9.80. The molecule has 0 atom stereocenters. The molecule has 1 aromatic carbocycles. The molecule has 0 saturated heterocycles. The van der Waals surface area contributed by atoms with Gasteiger partial charge in [-0.1, -0.05) is 63.3 Å². The molecule has 0 bridgehead atoms. The fourth-order valence-electron chi connectivity index (χ4n) is 1.76. The maximum Gasteiger partial charge on any atom is 0.0442 e. The molecule has 0 fully saturated rings. The second-order valence-corrected chi connectivity index (χ2v) is 11.2. The maximum atomic E-state index is 2.45. The number of hydrogen-bond donors (Lipinski definition) is 0. The van der Waals surface area contributed by atoms with Gasteiger partial charge in [0.2, 0.25) is 0 Å². The second kappa shape index (κ2) is 5.50. The lowest BCUT2D eigenvalue weighted by molar-refractivity contribution is 0.900. The van der Waals surface area contributed by atoms with Crippen molar-refractivity contribution in [1.82, 2.24) is 0 Å². The normalized spacial score (nSPS) is 11.7. The minimum Gasteiger partial charge on any atom is -0.0695 e. The fraction of sp³-hybridized carbons (Fsp3) is 0.571. The van der Waals surface area contributed by atoms with Gasteiger partial charge in [-0.2, -0.15) is 0 Å². The quantitative estimate of drug-likeness (QED) is 0.640. The molecule has 15 heavy (non-hydrogen) atoms. The molecule has 0 spiro atoms. The van der Waals surface area contributed by atoms with E-state index in [0.717, 1.165) is 6.42 Å². The first-order valence-electron chi connectivity index (χ1n) is 6.09. The Balaban J connectivity index is 2.38. The highest BCUT2D eigenvalue weighted by molar-refractivity contribution is 6.76. The highest BCUT2D eigenvalue weighted by atomic mass is 28.3. The zero-order valence-corrected chi connectivity index (χ0v) is 11.6. The smallest absolute Gasteiger partial charge is 0.0442 e. The summed E-state index contributed by atoms with van der Waals surface area (Å²) in [6.45, 7) is 9.56. The largest absolute Gasteiger partial charge is 0.0695 e. The van der Waals surface area contributed by atoms with E-state index in [1.807, 2.05) is 0 Å². The first-order chi connectivity index (χ1) is 7.01. The van der Waals surface area contributed by atoms with E-state index in [4.69, 9.17) is 0 Å². The summed E-state index contributed by atoms with van der Waals surface area (Å²) in [5.41, 5.74) is 2.95. The number of benzene rings is 1. The van der Waals surface area contributed by atoms with Crippen LogP contribution in [0.15, 0.2) is 24.3 Å². The van der Waals surface area contributed by atoms with Gasteiger partial charge < -0.3 is 0 Å². The molecule has 1 aromatic rings. The van der Waals surface area contributed by atoms with E-state index in [1.54, 1.807) is 0 Å². The van der Waals surface area contributed by atoms with E-state index in [1.165, 1.54) is 30.0 Å². The van der Waals surface area contributed by atoms with Gasteiger partial charge in [0, 0.05) is 8.07 Å². The van der Waals surface area contributed by atoms with E-state index in [0.29, 0.717) is 0 Å². The lowest BCUT2D eigenvalue weighted by atomic mass is 10.1. The van der Waals surface area contributed by atoms with Gasteiger partial charge in [-0.15, -0.1) is 0 Å². The van der Waals surface area contributed by atoms with Crippen molar-refractivity contribution in [2.45, 2.75) is 51.9 Å². The average Bonchev–Trinajstić information content (AvgIpc) is 2.17. The molecule has 0 radical (unpaired) electrons. The third-order valence-corrected chi connectivity index (χ3v) is 4.68. The summed E-state index contributed by atoms with van der Waals surface area (Å²) in [5, 5.41) is 0. The summed E-state index contributed by atoms with van der Waals surface area (Å²) in [6.07, 6.45) is 3.77. The van der Waals surface area contributed by atoms with E-state index in [9.17, 15) is 0 Å². The Morgan fingerprint density at radius 2 is 1.47 bits per heavy atom. The van der Waals surface area contributed by atoms with E-state index in [2.05, 4.69) is 50.8 Å². The Bertz CT molecular complexity index is 279. The third-order valence-electron chi connectivity index (χ3n) is 2.82. The maximum absolute atomic E-state index is 2.45. The van der Waals surface area contributed by atoms with E-state index >= 15 is 0 Å². The average molecular weight is 220 g/mol. The summed E-state index contributed by atoms with van der Waals surface area (Å²) in [4.78, 5) is 0. The lowest BCUT2D eigenvalue weighted by Gasteiger charge is -2.15. The summed E-state index contributed by atoms with van der Waals surface area (Å²) >= 11 is 0. The molecule has 0 heterocycles. The summed E-state index contributed by atoms with van der Waals surface area (Å²) in [7, 11) is -0.829. The van der Waals surface area contributed by atoms with Gasteiger partial charge in [-0.25, -0.2) is 0 Å². The molecule has 0 amide bonds. The number of rotatable bonds is 5. The predicted octanol–water partition coefficient (Wildman–Crippen LogP) is 4.52. The Labute approximate surface area is 95.7 Å². The van der Waals surface area contributed by atoms with Crippen LogP contribution in [0.5, 0.6) is 0 Å². The van der Waals surface area contributed by atoms with Crippen LogP contribution in [0, 0.1) is 0 Å². The van der Waals surface area contributed by atoms with Crippen LogP contribution in [-0.2, 0) is 12.8 Å². The Morgan fingerprint density at radius 1 is 0.933 bits per heavy atom. The van der Waals surface area contributed by atoms with Crippen LogP contribution >= 0.6 is 0 Å². The minimum atomic E-state index is -0.829. The third kappa shape index (κ3) is 5.17. The molecule has 0 aliphatic carbocycles. The van der Waals surface area contributed by atoms with Crippen LogP contribution in [0.2, 0.25) is 25.7 Å². The van der Waals surface area contributed by atoms with Crippen LogP contribution in [0.25, 0.3) is 0 Å². The van der Waals surface area contributed by atoms with E-state index < -0.39 is 8.07 Å². The van der Waals surface area contributed by atoms with Gasteiger partial charge in [0.05, 0.1) is 0 Å². The van der Waals surface area contributed by atoms with Crippen molar-refractivity contribution in [3.8, 4) is 0 Å². The van der Waals surface area contributed by atoms with Crippen LogP contribution < -0.4 is 0 Å². The highest BCUT2D eigenvalue weighted by Crippen LogP contribution is 2.14. The summed E-state index contributed by atoms with van der Waals surface area (Å²) < 4.78 is 0. The molecule has 0 aromatic heterocycles. The predicted molar refractivity (Wildman–Crippen MR) is 72.3 cm³/mol. The Hall–Kier alpha value is -0.563. The van der Waals surface area contributed by atoms with Gasteiger partial charge in [0.25, 0.3) is 0 Å². The molecule has 0 aliphatic heterocycles. The van der Waals surface area contributed by atoms with Crippen molar-refractivity contribution in [3.05, 3.63) is 35.4 Å². The molecule has 1 heteroatoms. The molecule has 0 aliphatic rings. The minimum absolute atomic E-state index is 0.829. The standard InChI is InChI=1S/C14H24Si/c1-5-13-8-10-14(11-9-13)7-6-12-15(2,3)4/h8-11H,5-7,12H2,1-4H3. The summed E-state index contributed by atoms with van der Waals surface area (Å²) in [5.74, 6) is 0. The molecular weight excluding hydrogens is 196 g/mol. The van der Waals surface area contributed by atoms with Gasteiger partial charge in [0.15, 0.2) is 0 Å². The molecule has 1 rings (SSSR count). The van der Waals surface area contributed by atoms with Crippen LogP contribution in [-0.4, -0.2) is 8.07 Å². The second-order valence-electron chi connectivity index (χ2n) is 5.58. The van der Waals surface area contributed by atoms with Crippen LogP contribution in [0.3, 0.4) is 0 Å². The molecular formula is C14H24Si. The van der Waals surface area contributed by atoms with Crippen LogP contribution in [0.1, 0.15) is 24.5 Å². The monoisotopic (exact) mass is 220 g/mol. The molecule has 84 valence electrons. The van der Waals surface area contributed by atoms with Crippen molar-refractivity contribution >= 4 is 8.07 Å². The fourth-order valence-corrected chi connectivity index (χ4v) is 3.00. The molecule has 0 N–H and O–H groups in total. The summed E-state index contributed by atoms with van der Waals surface area (Å²) in [6, 6.07) is 10.6. The van der Waals surface area contributed by atoms with Crippen molar-refractivity contribution in [2.24, 2.45) is 0 Å². The zero-order chi connectivity index (χ0) is 11.3. The molecule has 0 saturated carbocycles. The Kier molecular flexibility index (Phi) is 4.59. The lowest BCUT2D eigenvalue weighted by Crippen LogP contribution is -2.18. The highest BCUT2D eigenvalue weighted by Gasteiger charge is 2.11. The van der Waals surface area contributed by atoms with Crippen molar-refractivity contribution in [1.29, 1.82) is 0 Å². The SMILES string of the molecule is CCc1ccc(CCC[Si](C)(C)C)cc1. The van der Waals surface area contributed by atoms with Crippen molar-refractivity contribution in [3.63, 3.8) is 0 Å². The van der Waals surface area contributed by atoms with E-state index in [-0.39, 0.29) is 0 Å². The Morgan fingerprint density at radius 3 is 1.93 bits per heavy atom. The van der Waals surface area contributed by atoms with Gasteiger partial charge in [0.1, 0.15) is 0 Å². The van der Waals surface area contributed by atoms with Gasteiger partial charge in [-0.3, -0.25) is 0 Å². The van der Waals surface area contributed by atoms with Crippen LogP contribution in [0.4, 0.5) is 0 Å². The first kappa shape index (κ1) is 12.5. The number of aryl methyl sites for hydroxylation is 2. The topological polar surface area (TPSA) is 0 Å². The van der Waals surface area contributed by atoms with Gasteiger partial charge >= 0.3 is 0 Å². The number of hydrogen-bond acceptors (Lipinski definition) is 0.